The Kier molecular flexibility index (Phi) is 9.84. The Morgan fingerprint density at radius 2 is 0.463 bits per heavy atom. The summed E-state index contributed by atoms with van der Waals surface area (Å²) in [6.45, 7) is 27.0. The summed E-state index contributed by atoms with van der Waals surface area (Å²) in [6, 6.07) is 41.9. The van der Waals surface area contributed by atoms with Crippen LogP contribution in [-0.2, 0) is 0 Å². The average molecular weight is 703 g/mol. The van der Waals surface area contributed by atoms with E-state index in [1.807, 2.05) is 0 Å². The zero-order valence-corrected chi connectivity index (χ0v) is 34.4. The van der Waals surface area contributed by atoms with Gasteiger partial charge in [0.2, 0.25) is 0 Å². The normalized spacial score (nSPS) is 11.3. The van der Waals surface area contributed by atoms with Crippen molar-refractivity contribution in [1.29, 1.82) is 0 Å². The quantitative estimate of drug-likeness (QED) is 0.162. The number of benzene rings is 7. The van der Waals surface area contributed by atoms with Crippen LogP contribution in [0.15, 0.2) is 109 Å². The Balaban J connectivity index is 1.51. The Hall–Kier alpha value is -5.46. The lowest BCUT2D eigenvalue weighted by molar-refractivity contribution is 1.26. The smallest absolute Gasteiger partial charge is 0.0142 e. The molecule has 0 aliphatic rings. The fourth-order valence-electron chi connectivity index (χ4n) is 8.14. The number of hydrogen-bond acceptors (Lipinski definition) is 0. The van der Waals surface area contributed by atoms with Crippen LogP contribution in [0.4, 0.5) is 0 Å². The van der Waals surface area contributed by atoms with Crippen LogP contribution in [0.2, 0.25) is 0 Å². The van der Waals surface area contributed by atoms with Crippen molar-refractivity contribution in [3.8, 4) is 66.8 Å². The van der Waals surface area contributed by atoms with Crippen molar-refractivity contribution in [3.05, 3.63) is 176 Å². The van der Waals surface area contributed by atoms with E-state index in [-0.39, 0.29) is 0 Å². The molecule has 0 atom stereocenters. The molecule has 0 aliphatic carbocycles. The minimum Gasteiger partial charge on any atom is -0.0622 e. The maximum Gasteiger partial charge on any atom is -0.0142 e. The summed E-state index contributed by atoms with van der Waals surface area (Å²) in [4.78, 5) is 0. The second-order valence-corrected chi connectivity index (χ2v) is 16.0. The third kappa shape index (κ3) is 6.87. The maximum atomic E-state index is 2.44. The van der Waals surface area contributed by atoms with Crippen LogP contribution in [0.5, 0.6) is 0 Å². The van der Waals surface area contributed by atoms with Crippen molar-refractivity contribution in [2.45, 2.75) is 83.1 Å². The first-order valence-electron chi connectivity index (χ1n) is 19.4. The van der Waals surface area contributed by atoms with Crippen LogP contribution < -0.4 is 0 Å². The Labute approximate surface area is 324 Å². The van der Waals surface area contributed by atoms with Crippen molar-refractivity contribution in [3.63, 3.8) is 0 Å². The first kappa shape index (κ1) is 36.9. The molecule has 0 heterocycles. The zero-order valence-electron chi connectivity index (χ0n) is 34.4. The van der Waals surface area contributed by atoms with Gasteiger partial charge < -0.3 is 0 Å². The summed E-state index contributed by atoms with van der Waals surface area (Å²) in [6.07, 6.45) is 0. The van der Waals surface area contributed by atoms with Gasteiger partial charge in [-0.1, -0.05) is 72.8 Å². The average Bonchev–Trinajstić information content (AvgIpc) is 3.15. The van der Waals surface area contributed by atoms with E-state index in [2.05, 4.69) is 192 Å². The van der Waals surface area contributed by atoms with Crippen LogP contribution in [0.3, 0.4) is 0 Å². The van der Waals surface area contributed by atoms with E-state index in [0.717, 1.165) is 0 Å². The second-order valence-electron chi connectivity index (χ2n) is 16.0. The molecule has 0 unspecified atom stereocenters. The van der Waals surface area contributed by atoms with Gasteiger partial charge in [-0.3, -0.25) is 0 Å². The van der Waals surface area contributed by atoms with E-state index in [1.54, 1.807) is 0 Å². The van der Waals surface area contributed by atoms with E-state index in [1.165, 1.54) is 134 Å². The number of aryl methyl sites for hydroxylation is 7. The van der Waals surface area contributed by atoms with Crippen molar-refractivity contribution in [2.75, 3.05) is 0 Å². The van der Waals surface area contributed by atoms with E-state index in [9.17, 15) is 0 Å². The molecule has 0 aromatic heterocycles. The molecule has 7 rings (SSSR count). The molecule has 7 aromatic rings. The molecular formula is C54H54. The van der Waals surface area contributed by atoms with Gasteiger partial charge in [0.05, 0.1) is 0 Å². The van der Waals surface area contributed by atoms with Crippen LogP contribution in [0.1, 0.15) is 66.8 Å². The fraction of sp³-hybridized carbons (Fsp3) is 0.222. The minimum absolute atomic E-state index is 1.22. The van der Waals surface area contributed by atoms with Crippen molar-refractivity contribution in [2.24, 2.45) is 0 Å². The van der Waals surface area contributed by atoms with Gasteiger partial charge in [0.1, 0.15) is 0 Å². The first-order chi connectivity index (χ1) is 25.7. The highest BCUT2D eigenvalue weighted by molar-refractivity contribution is 5.89. The largest absolute Gasteiger partial charge is 0.0622 e. The standard InChI is InChI=1S/C54H54/c1-31-19-49(20-32(2)38(31)8)52-28-44(18-37(7)41(52)11)46-25-45(43-16-14-13-15-17-43)26-47(27-46)48-29-53(50-21-33(3)39(9)34(4)22-50)42(12)54(30-48)51-23-35(5)40(10)36(6)24-51/h13-30H,1-12H3. The van der Waals surface area contributed by atoms with Gasteiger partial charge in [-0.15, -0.1) is 0 Å². The lowest BCUT2D eigenvalue weighted by atomic mass is 9.84. The van der Waals surface area contributed by atoms with Gasteiger partial charge in [0.25, 0.3) is 0 Å². The third-order valence-corrected chi connectivity index (χ3v) is 12.5. The highest BCUT2D eigenvalue weighted by Crippen LogP contribution is 2.42. The maximum absolute atomic E-state index is 2.44. The number of rotatable bonds is 6. The summed E-state index contributed by atoms with van der Waals surface area (Å²) < 4.78 is 0. The molecule has 0 nitrogen and oxygen atoms in total. The van der Waals surface area contributed by atoms with Crippen LogP contribution in [0.25, 0.3) is 66.8 Å². The topological polar surface area (TPSA) is 0 Å². The van der Waals surface area contributed by atoms with E-state index in [0.29, 0.717) is 0 Å². The molecule has 0 saturated carbocycles. The monoisotopic (exact) mass is 702 g/mol. The summed E-state index contributed by atoms with van der Waals surface area (Å²) in [5.74, 6) is 0. The molecular weight excluding hydrogens is 649 g/mol. The number of hydrogen-bond donors (Lipinski definition) is 0. The molecule has 0 fully saturated rings. The fourth-order valence-corrected chi connectivity index (χ4v) is 8.14. The van der Waals surface area contributed by atoms with Crippen LogP contribution in [0, 0.1) is 83.1 Å². The molecule has 0 aliphatic heterocycles. The SMILES string of the molecule is Cc1cc(-c2cc(-c3cc(-c4ccccc4)cc(-c4cc(-c5cc(C)c(C)c(C)c5)c(C)c(-c5cc(C)c(C)c(C)c5)c4)c3)cc(C)c2C)cc(C)c1C. The van der Waals surface area contributed by atoms with Gasteiger partial charge >= 0.3 is 0 Å². The predicted octanol–water partition coefficient (Wildman–Crippen LogP) is 15.4. The van der Waals surface area contributed by atoms with Gasteiger partial charge in [0.15, 0.2) is 0 Å². The molecule has 54 heavy (non-hydrogen) atoms. The molecule has 0 bridgehead atoms. The summed E-state index contributed by atoms with van der Waals surface area (Å²) in [5, 5.41) is 0. The van der Waals surface area contributed by atoms with Gasteiger partial charge in [-0.25, -0.2) is 0 Å². The van der Waals surface area contributed by atoms with Gasteiger partial charge in [0, 0.05) is 0 Å². The molecule has 0 radical (unpaired) electrons. The summed E-state index contributed by atoms with van der Waals surface area (Å²) in [7, 11) is 0. The lowest BCUT2D eigenvalue weighted by Gasteiger charge is -2.20. The predicted molar refractivity (Wildman–Crippen MR) is 236 cm³/mol. The lowest BCUT2D eigenvalue weighted by Crippen LogP contribution is -1.96. The Morgan fingerprint density at radius 1 is 0.204 bits per heavy atom. The summed E-state index contributed by atoms with van der Waals surface area (Å²) >= 11 is 0. The van der Waals surface area contributed by atoms with Crippen molar-refractivity contribution >= 4 is 0 Å². The molecule has 270 valence electrons. The molecule has 0 saturated heterocycles. The molecule has 0 N–H and O–H groups in total. The Morgan fingerprint density at radius 3 is 0.833 bits per heavy atom. The minimum atomic E-state index is 1.22. The highest BCUT2D eigenvalue weighted by Gasteiger charge is 2.18. The summed E-state index contributed by atoms with van der Waals surface area (Å²) in [5.41, 5.74) is 31.1. The van der Waals surface area contributed by atoms with Crippen molar-refractivity contribution in [1.82, 2.24) is 0 Å². The van der Waals surface area contributed by atoms with Gasteiger partial charge in [-0.05, 0) is 253 Å². The molecule has 7 aromatic carbocycles. The highest BCUT2D eigenvalue weighted by atomic mass is 14.2. The third-order valence-electron chi connectivity index (χ3n) is 12.5. The zero-order chi connectivity index (χ0) is 38.6. The molecule has 0 amide bonds. The second kappa shape index (κ2) is 14.4. The van der Waals surface area contributed by atoms with Crippen LogP contribution in [-0.4, -0.2) is 0 Å². The van der Waals surface area contributed by atoms with E-state index in [4.69, 9.17) is 0 Å². The first-order valence-corrected chi connectivity index (χ1v) is 19.4. The molecule has 0 spiro atoms. The van der Waals surface area contributed by atoms with E-state index < -0.39 is 0 Å². The molecule has 0 heteroatoms. The van der Waals surface area contributed by atoms with Gasteiger partial charge in [-0.2, -0.15) is 0 Å². The van der Waals surface area contributed by atoms with Crippen molar-refractivity contribution < 1.29 is 0 Å². The Bertz CT molecular complexity index is 2440. The van der Waals surface area contributed by atoms with Crippen LogP contribution >= 0.6 is 0 Å². The van der Waals surface area contributed by atoms with E-state index >= 15 is 0 Å².